The minimum atomic E-state index is -0.603. The minimum Gasteiger partial charge on any atom is -0.458 e. The summed E-state index contributed by atoms with van der Waals surface area (Å²) in [6, 6.07) is 0. The van der Waals surface area contributed by atoms with Crippen molar-refractivity contribution in [2.75, 3.05) is 0 Å². The Labute approximate surface area is 112 Å². The first kappa shape index (κ1) is 11.7. The molecule has 0 aromatic rings. The number of esters is 1. The molecule has 2 heterocycles. The van der Waals surface area contributed by atoms with Crippen molar-refractivity contribution in [2.24, 2.45) is 11.8 Å². The Bertz CT molecular complexity index is 536. The topological polar surface area (TPSA) is 59.1 Å². The summed E-state index contributed by atoms with van der Waals surface area (Å²) >= 11 is 0. The van der Waals surface area contributed by atoms with Crippen molar-refractivity contribution in [3.05, 3.63) is 23.8 Å². The highest BCUT2D eigenvalue weighted by molar-refractivity contribution is 5.91. The van der Waals surface area contributed by atoms with Gasteiger partial charge in [-0.3, -0.25) is 0 Å². The first-order chi connectivity index (χ1) is 8.91. The molecule has 0 unspecified atom stereocenters. The molecule has 3 fully saturated rings. The maximum absolute atomic E-state index is 11.8. The number of epoxide rings is 1. The van der Waals surface area contributed by atoms with Gasteiger partial charge in [0, 0.05) is 11.5 Å². The standard InChI is InChI=1S/C15H18O4/c1-7-6-10(16)15-11(7)12-9(8(2)13(17)18-12)4-5-14(15,3)19-15/h6,9-12,16H,2,4-5H2,1,3H3/t9-,10-,11+,12-,14-,15+/m0/s1. The van der Waals surface area contributed by atoms with Gasteiger partial charge in [-0.1, -0.05) is 18.2 Å². The van der Waals surface area contributed by atoms with Gasteiger partial charge < -0.3 is 14.6 Å². The fourth-order valence-corrected chi connectivity index (χ4v) is 4.56. The van der Waals surface area contributed by atoms with Crippen LogP contribution in [0.4, 0.5) is 0 Å². The molecule has 102 valence electrons. The van der Waals surface area contributed by atoms with E-state index < -0.39 is 11.7 Å². The molecule has 1 spiro atoms. The monoisotopic (exact) mass is 262 g/mol. The molecule has 0 amide bonds. The van der Waals surface area contributed by atoms with Crippen LogP contribution in [0.2, 0.25) is 0 Å². The molecule has 2 aliphatic heterocycles. The van der Waals surface area contributed by atoms with E-state index in [0.29, 0.717) is 5.57 Å². The molecule has 4 heteroatoms. The lowest BCUT2D eigenvalue weighted by Gasteiger charge is -2.28. The van der Waals surface area contributed by atoms with Crippen molar-refractivity contribution < 1.29 is 19.4 Å². The number of aliphatic hydroxyl groups excluding tert-OH is 1. The van der Waals surface area contributed by atoms with Gasteiger partial charge in [-0.2, -0.15) is 0 Å². The van der Waals surface area contributed by atoms with Crippen LogP contribution in [0.25, 0.3) is 0 Å². The molecule has 4 nitrogen and oxygen atoms in total. The quantitative estimate of drug-likeness (QED) is 0.310. The molecule has 1 N–H and O–H groups in total. The third-order valence-corrected chi connectivity index (χ3v) is 5.60. The van der Waals surface area contributed by atoms with Crippen LogP contribution in [-0.2, 0) is 14.3 Å². The number of aliphatic hydroxyl groups is 1. The molecule has 4 aliphatic rings. The molecule has 0 radical (unpaired) electrons. The van der Waals surface area contributed by atoms with Crippen LogP contribution in [0.1, 0.15) is 26.7 Å². The van der Waals surface area contributed by atoms with Crippen LogP contribution in [0.3, 0.4) is 0 Å². The number of rotatable bonds is 0. The van der Waals surface area contributed by atoms with E-state index in [1.54, 1.807) is 0 Å². The van der Waals surface area contributed by atoms with Crippen LogP contribution in [-0.4, -0.2) is 34.5 Å². The van der Waals surface area contributed by atoms with Crippen molar-refractivity contribution >= 4 is 5.97 Å². The summed E-state index contributed by atoms with van der Waals surface area (Å²) in [5.74, 6) is -0.261. The van der Waals surface area contributed by atoms with Crippen LogP contribution in [0, 0.1) is 11.8 Å². The number of hydrogen-bond acceptors (Lipinski definition) is 4. The normalized spacial score (nSPS) is 54.8. The van der Waals surface area contributed by atoms with Crippen LogP contribution in [0.15, 0.2) is 23.8 Å². The lowest BCUT2D eigenvalue weighted by Crippen LogP contribution is -2.43. The van der Waals surface area contributed by atoms with Gasteiger partial charge in [-0.25, -0.2) is 4.79 Å². The van der Waals surface area contributed by atoms with E-state index in [2.05, 4.69) is 13.5 Å². The summed E-state index contributed by atoms with van der Waals surface area (Å²) in [6.45, 7) is 7.93. The molecule has 1 saturated carbocycles. The second kappa shape index (κ2) is 3.13. The zero-order chi connectivity index (χ0) is 13.6. The zero-order valence-electron chi connectivity index (χ0n) is 11.2. The Morgan fingerprint density at radius 3 is 3.00 bits per heavy atom. The van der Waals surface area contributed by atoms with Crippen molar-refractivity contribution in [3.63, 3.8) is 0 Å². The van der Waals surface area contributed by atoms with E-state index >= 15 is 0 Å². The van der Waals surface area contributed by atoms with Gasteiger partial charge in [0.25, 0.3) is 0 Å². The molecular weight excluding hydrogens is 244 g/mol. The first-order valence-corrected chi connectivity index (χ1v) is 6.87. The average molecular weight is 262 g/mol. The Balaban J connectivity index is 1.83. The smallest absolute Gasteiger partial charge is 0.334 e. The Kier molecular flexibility index (Phi) is 1.92. The van der Waals surface area contributed by atoms with Crippen molar-refractivity contribution in [2.45, 2.75) is 50.1 Å². The Morgan fingerprint density at radius 1 is 1.53 bits per heavy atom. The summed E-state index contributed by atoms with van der Waals surface area (Å²) < 4.78 is 11.6. The van der Waals surface area contributed by atoms with Crippen molar-refractivity contribution in [1.82, 2.24) is 0 Å². The lowest BCUT2D eigenvalue weighted by atomic mass is 9.77. The second-order valence-electron chi connectivity index (χ2n) is 6.50. The minimum absolute atomic E-state index is 0.0387. The maximum Gasteiger partial charge on any atom is 0.334 e. The lowest BCUT2D eigenvalue weighted by molar-refractivity contribution is -0.142. The van der Waals surface area contributed by atoms with E-state index in [-0.39, 0.29) is 29.5 Å². The van der Waals surface area contributed by atoms with E-state index in [9.17, 15) is 9.90 Å². The summed E-state index contributed by atoms with van der Waals surface area (Å²) in [6.07, 6.45) is 2.70. The van der Waals surface area contributed by atoms with Gasteiger partial charge in [0.1, 0.15) is 17.8 Å². The third-order valence-electron chi connectivity index (χ3n) is 5.60. The SMILES string of the molecule is C=C1C(=O)O[C@@H]2[C@H]3C(C)=C[C@H](O)[C@@]34O[C@@]4(C)CC[C@@H]12. The molecule has 2 aliphatic carbocycles. The summed E-state index contributed by atoms with van der Waals surface area (Å²) in [5.41, 5.74) is 0.763. The van der Waals surface area contributed by atoms with E-state index in [4.69, 9.17) is 9.47 Å². The number of hydrogen-bond donors (Lipinski definition) is 1. The predicted octanol–water partition coefficient (Wildman–Crippen LogP) is 1.34. The van der Waals surface area contributed by atoms with Crippen molar-refractivity contribution in [1.29, 1.82) is 0 Å². The highest BCUT2D eigenvalue weighted by atomic mass is 16.6. The van der Waals surface area contributed by atoms with E-state index in [1.165, 1.54) is 0 Å². The van der Waals surface area contributed by atoms with Crippen LogP contribution >= 0.6 is 0 Å². The number of carbonyl (C=O) groups excluding carboxylic acids is 1. The van der Waals surface area contributed by atoms with Crippen molar-refractivity contribution in [3.8, 4) is 0 Å². The van der Waals surface area contributed by atoms with Gasteiger partial charge in [-0.05, 0) is 26.7 Å². The van der Waals surface area contributed by atoms with Gasteiger partial charge in [0.05, 0.1) is 11.5 Å². The third kappa shape index (κ3) is 1.11. The number of fused-ring (bicyclic) bond motifs is 2. The molecule has 0 aromatic heterocycles. The van der Waals surface area contributed by atoms with Gasteiger partial charge >= 0.3 is 5.97 Å². The fourth-order valence-electron chi connectivity index (χ4n) is 4.56. The van der Waals surface area contributed by atoms with Gasteiger partial charge in [0.2, 0.25) is 0 Å². The van der Waals surface area contributed by atoms with Crippen LogP contribution in [0.5, 0.6) is 0 Å². The zero-order valence-corrected chi connectivity index (χ0v) is 11.2. The summed E-state index contributed by atoms with van der Waals surface area (Å²) in [7, 11) is 0. The Hall–Kier alpha value is -1.13. The van der Waals surface area contributed by atoms with Gasteiger partial charge in [0.15, 0.2) is 0 Å². The molecule has 6 atom stereocenters. The largest absolute Gasteiger partial charge is 0.458 e. The summed E-state index contributed by atoms with van der Waals surface area (Å²) in [5, 5.41) is 10.4. The summed E-state index contributed by atoms with van der Waals surface area (Å²) in [4.78, 5) is 11.8. The molecule has 19 heavy (non-hydrogen) atoms. The fraction of sp³-hybridized carbons (Fsp3) is 0.667. The number of carbonyl (C=O) groups is 1. The van der Waals surface area contributed by atoms with Crippen LogP contribution < -0.4 is 0 Å². The first-order valence-electron chi connectivity index (χ1n) is 6.87. The Morgan fingerprint density at radius 2 is 2.26 bits per heavy atom. The second-order valence-corrected chi connectivity index (χ2v) is 6.50. The van der Waals surface area contributed by atoms with E-state index in [1.807, 2.05) is 13.0 Å². The van der Waals surface area contributed by atoms with E-state index in [0.717, 1.165) is 18.4 Å². The highest BCUT2D eigenvalue weighted by Crippen LogP contribution is 2.67. The average Bonchev–Trinajstić information content (AvgIpc) is 2.77. The molecule has 0 bridgehead atoms. The molecular formula is C15H18O4. The number of ether oxygens (including phenoxy) is 2. The highest BCUT2D eigenvalue weighted by Gasteiger charge is 2.79. The molecule has 2 saturated heterocycles. The molecule has 0 aromatic carbocycles. The maximum atomic E-state index is 11.8. The molecule has 4 rings (SSSR count). The van der Waals surface area contributed by atoms with Gasteiger partial charge in [-0.15, -0.1) is 0 Å². The predicted molar refractivity (Wildman–Crippen MR) is 67.2 cm³/mol.